The van der Waals surface area contributed by atoms with E-state index in [2.05, 4.69) is 0 Å². The molecule has 2 aromatic rings. The number of aromatic carboxylic acids is 1. The van der Waals surface area contributed by atoms with E-state index < -0.39 is 5.97 Å². The molecule has 2 rings (SSSR count). The summed E-state index contributed by atoms with van der Waals surface area (Å²) in [6.45, 7) is 0.0819. The van der Waals surface area contributed by atoms with Crippen LogP contribution >= 0.6 is 0 Å². The first-order valence-corrected chi connectivity index (χ1v) is 6.10. The fraction of sp³-hybridized carbons (Fsp3) is 0.133. The highest BCUT2D eigenvalue weighted by Crippen LogP contribution is 2.27. The first-order valence-electron chi connectivity index (χ1n) is 6.10. The van der Waals surface area contributed by atoms with Gasteiger partial charge in [0.25, 0.3) is 0 Å². The smallest absolute Gasteiger partial charge is 0.339 e. The van der Waals surface area contributed by atoms with Crippen LogP contribution in [0.15, 0.2) is 42.5 Å². The van der Waals surface area contributed by atoms with Gasteiger partial charge in [-0.3, -0.25) is 0 Å². The lowest BCUT2D eigenvalue weighted by molar-refractivity contribution is 0.0694. The second-order valence-corrected chi connectivity index (χ2v) is 4.28. The van der Waals surface area contributed by atoms with Gasteiger partial charge in [-0.25, -0.2) is 4.79 Å². The van der Waals surface area contributed by atoms with E-state index in [9.17, 15) is 4.79 Å². The number of nitrogens with two attached hydrogens (primary N) is 1. The van der Waals surface area contributed by atoms with E-state index in [4.69, 9.17) is 20.7 Å². The average Bonchev–Trinajstić information content (AvgIpc) is 2.41. The van der Waals surface area contributed by atoms with Crippen molar-refractivity contribution in [3.8, 4) is 11.5 Å². The topological polar surface area (TPSA) is 92.8 Å². The zero-order valence-corrected chi connectivity index (χ0v) is 10.7. The van der Waals surface area contributed by atoms with Crippen molar-refractivity contribution < 1.29 is 19.7 Å². The highest BCUT2D eigenvalue weighted by atomic mass is 16.5. The Balaban J connectivity index is 2.25. The maximum atomic E-state index is 11.1. The predicted octanol–water partition coefficient (Wildman–Crippen LogP) is 2.29. The molecule has 20 heavy (non-hydrogen) atoms. The van der Waals surface area contributed by atoms with E-state index >= 15 is 0 Å². The summed E-state index contributed by atoms with van der Waals surface area (Å²) in [6, 6.07) is 11.5. The predicted molar refractivity (Wildman–Crippen MR) is 75.1 cm³/mol. The van der Waals surface area contributed by atoms with Crippen LogP contribution in [0.2, 0.25) is 0 Å². The number of anilines is 1. The van der Waals surface area contributed by atoms with Crippen molar-refractivity contribution in [1.82, 2.24) is 0 Å². The summed E-state index contributed by atoms with van der Waals surface area (Å²) in [5.74, 6) is -0.357. The molecule has 5 nitrogen and oxygen atoms in total. The first-order chi connectivity index (χ1) is 9.60. The number of aliphatic hydroxyl groups is 1. The van der Waals surface area contributed by atoms with Gasteiger partial charge in [0.05, 0.1) is 0 Å². The number of rotatable bonds is 5. The molecule has 0 aromatic heterocycles. The molecule has 0 aliphatic rings. The van der Waals surface area contributed by atoms with Crippen LogP contribution in [-0.4, -0.2) is 22.8 Å². The van der Waals surface area contributed by atoms with Crippen molar-refractivity contribution in [1.29, 1.82) is 0 Å². The lowest BCUT2D eigenvalue weighted by Crippen LogP contribution is -2.01. The molecular formula is C15H15NO4. The van der Waals surface area contributed by atoms with Crippen LogP contribution in [0.1, 0.15) is 15.9 Å². The number of aliphatic hydroxyl groups excluding tert-OH is 1. The minimum absolute atomic E-state index is 0.0543. The van der Waals surface area contributed by atoms with Crippen molar-refractivity contribution in [2.24, 2.45) is 0 Å². The van der Waals surface area contributed by atoms with Crippen molar-refractivity contribution in [2.45, 2.75) is 6.42 Å². The second kappa shape index (κ2) is 6.08. The lowest BCUT2D eigenvalue weighted by atomic mass is 10.1. The summed E-state index contributed by atoms with van der Waals surface area (Å²) < 4.78 is 5.56. The third kappa shape index (κ3) is 3.27. The van der Waals surface area contributed by atoms with Crippen molar-refractivity contribution in [3.63, 3.8) is 0 Å². The molecule has 0 fully saturated rings. The minimum atomic E-state index is -1.07. The second-order valence-electron chi connectivity index (χ2n) is 4.28. The number of carboxylic acid groups (broad SMARTS) is 1. The molecule has 0 saturated carbocycles. The number of carbonyl (C=O) groups is 1. The molecule has 0 bridgehead atoms. The van der Waals surface area contributed by atoms with Gasteiger partial charge in [-0.1, -0.05) is 12.1 Å². The molecule has 0 unspecified atom stereocenters. The summed E-state index contributed by atoms with van der Waals surface area (Å²) in [7, 11) is 0. The Labute approximate surface area is 116 Å². The highest BCUT2D eigenvalue weighted by molar-refractivity contribution is 5.91. The molecule has 0 radical (unpaired) electrons. The van der Waals surface area contributed by atoms with Crippen LogP contribution in [-0.2, 0) is 6.42 Å². The molecule has 2 aromatic carbocycles. The van der Waals surface area contributed by atoms with E-state index in [-0.39, 0.29) is 17.9 Å². The van der Waals surface area contributed by atoms with Gasteiger partial charge in [-0.05, 0) is 36.2 Å². The van der Waals surface area contributed by atoms with Crippen LogP contribution in [0.5, 0.6) is 11.5 Å². The maximum Gasteiger partial charge on any atom is 0.339 e. The van der Waals surface area contributed by atoms with Crippen LogP contribution in [0.3, 0.4) is 0 Å². The highest BCUT2D eigenvalue weighted by Gasteiger charge is 2.12. The summed E-state index contributed by atoms with van der Waals surface area (Å²) in [6.07, 6.45) is 0.568. The Kier molecular flexibility index (Phi) is 4.22. The number of carboxylic acids is 1. The molecule has 0 aliphatic heterocycles. The van der Waals surface area contributed by atoms with Gasteiger partial charge in [0.2, 0.25) is 0 Å². The van der Waals surface area contributed by atoms with Gasteiger partial charge in [0.1, 0.15) is 17.1 Å². The van der Waals surface area contributed by atoms with Crippen molar-refractivity contribution >= 4 is 11.7 Å². The van der Waals surface area contributed by atoms with Gasteiger partial charge >= 0.3 is 5.97 Å². The molecule has 0 amide bonds. The molecule has 0 aliphatic carbocycles. The Morgan fingerprint density at radius 1 is 1.15 bits per heavy atom. The number of hydrogen-bond acceptors (Lipinski definition) is 4. The van der Waals surface area contributed by atoms with Crippen LogP contribution in [0.4, 0.5) is 5.69 Å². The van der Waals surface area contributed by atoms with E-state index in [1.54, 1.807) is 12.1 Å². The van der Waals surface area contributed by atoms with Crippen molar-refractivity contribution in [3.05, 3.63) is 53.6 Å². The van der Waals surface area contributed by atoms with Gasteiger partial charge < -0.3 is 20.7 Å². The zero-order chi connectivity index (χ0) is 14.5. The first kappa shape index (κ1) is 13.9. The monoisotopic (exact) mass is 273 g/mol. The van der Waals surface area contributed by atoms with E-state index in [0.717, 1.165) is 5.56 Å². The fourth-order valence-electron chi connectivity index (χ4n) is 1.78. The van der Waals surface area contributed by atoms with Gasteiger partial charge in [-0.15, -0.1) is 0 Å². The van der Waals surface area contributed by atoms with Crippen molar-refractivity contribution in [2.75, 3.05) is 12.3 Å². The molecule has 4 N–H and O–H groups in total. The number of nitrogen functional groups attached to an aromatic ring is 1. The Morgan fingerprint density at radius 2 is 1.85 bits per heavy atom. The van der Waals surface area contributed by atoms with Crippen LogP contribution in [0.25, 0.3) is 0 Å². The zero-order valence-electron chi connectivity index (χ0n) is 10.7. The van der Waals surface area contributed by atoms with Crippen LogP contribution in [0, 0.1) is 0 Å². The average molecular weight is 273 g/mol. The third-order valence-corrected chi connectivity index (χ3v) is 2.79. The van der Waals surface area contributed by atoms with Gasteiger partial charge in [0, 0.05) is 18.4 Å². The Hall–Kier alpha value is -2.53. The number of ether oxygens (including phenoxy) is 1. The molecule has 5 heteroatoms. The normalized spacial score (nSPS) is 10.2. The fourth-order valence-corrected chi connectivity index (χ4v) is 1.78. The molecule has 0 spiro atoms. The summed E-state index contributed by atoms with van der Waals surface area (Å²) >= 11 is 0. The van der Waals surface area contributed by atoms with E-state index in [0.29, 0.717) is 17.9 Å². The van der Waals surface area contributed by atoms with Gasteiger partial charge in [0.15, 0.2) is 0 Å². The molecular weight excluding hydrogens is 258 g/mol. The largest absolute Gasteiger partial charge is 0.478 e. The maximum absolute atomic E-state index is 11.1. The SMILES string of the molecule is Nc1ccc(C(=O)O)c(Oc2ccc(CCO)cc2)c1. The Bertz CT molecular complexity index is 608. The molecule has 0 heterocycles. The standard InChI is InChI=1S/C15H15NO4/c16-11-3-6-13(15(18)19)14(9-11)20-12-4-1-10(2-5-12)7-8-17/h1-6,9,17H,7-8,16H2,(H,18,19). The summed E-state index contributed by atoms with van der Waals surface area (Å²) in [5.41, 5.74) is 7.11. The quantitative estimate of drug-likeness (QED) is 0.727. The molecule has 0 saturated heterocycles. The van der Waals surface area contributed by atoms with E-state index in [1.165, 1.54) is 18.2 Å². The lowest BCUT2D eigenvalue weighted by Gasteiger charge is -2.10. The summed E-state index contributed by atoms with van der Waals surface area (Å²) in [4.78, 5) is 11.1. The van der Waals surface area contributed by atoms with E-state index in [1.807, 2.05) is 12.1 Å². The number of benzene rings is 2. The van der Waals surface area contributed by atoms with Gasteiger partial charge in [-0.2, -0.15) is 0 Å². The molecule has 104 valence electrons. The number of hydrogen-bond donors (Lipinski definition) is 3. The molecule has 0 atom stereocenters. The minimum Gasteiger partial charge on any atom is -0.478 e. The Morgan fingerprint density at radius 3 is 2.45 bits per heavy atom. The summed E-state index contributed by atoms with van der Waals surface area (Å²) in [5, 5.41) is 17.9. The van der Waals surface area contributed by atoms with Crippen LogP contribution < -0.4 is 10.5 Å². The third-order valence-electron chi connectivity index (χ3n) is 2.79.